The Morgan fingerprint density at radius 3 is 2.54 bits per heavy atom. The minimum Gasteiger partial charge on any atom is -0.427 e. The van der Waals surface area contributed by atoms with Gasteiger partial charge in [-0.2, -0.15) is 0 Å². The van der Waals surface area contributed by atoms with Crippen LogP contribution in [-0.2, 0) is 33.5 Å². The summed E-state index contributed by atoms with van der Waals surface area (Å²) in [5, 5.41) is 7.47. The average molecular weight is 576 g/mol. The molecule has 0 bridgehead atoms. The number of aromatic nitrogens is 1. The fourth-order valence-electron chi connectivity index (χ4n) is 3.55. The van der Waals surface area contributed by atoms with Crippen LogP contribution in [0.4, 0.5) is 5.13 Å². The number of carbonyl (C=O) groups excluding carboxylic acids is 5. The van der Waals surface area contributed by atoms with Crippen molar-refractivity contribution < 1.29 is 43.0 Å². The molecule has 2 atom stereocenters. The van der Waals surface area contributed by atoms with E-state index in [0.29, 0.717) is 5.75 Å². The number of thiazole rings is 1. The number of carbonyl (C=O) groups is 5. The molecule has 2 amide bonds. The first-order chi connectivity index (χ1) is 18.7. The van der Waals surface area contributed by atoms with Gasteiger partial charge in [0.25, 0.3) is 11.8 Å². The number of ether oxygens (including phenoxy) is 3. The fourth-order valence-corrected chi connectivity index (χ4v) is 5.29. The molecule has 0 spiro atoms. The summed E-state index contributed by atoms with van der Waals surface area (Å²) in [6.45, 7) is 0.548. The minimum atomic E-state index is -0.940. The largest absolute Gasteiger partial charge is 0.427 e. The van der Waals surface area contributed by atoms with E-state index in [-0.39, 0.29) is 33.5 Å². The summed E-state index contributed by atoms with van der Waals surface area (Å²) in [4.78, 5) is 71.4. The van der Waals surface area contributed by atoms with Crippen LogP contribution in [-0.4, -0.2) is 76.4 Å². The van der Waals surface area contributed by atoms with E-state index in [4.69, 9.17) is 24.8 Å². The second kappa shape index (κ2) is 12.0. The summed E-state index contributed by atoms with van der Waals surface area (Å²) < 4.78 is 14.9. The van der Waals surface area contributed by atoms with Crippen molar-refractivity contribution in [3.05, 3.63) is 52.7 Å². The Kier molecular flexibility index (Phi) is 8.46. The van der Waals surface area contributed by atoms with Crippen molar-refractivity contribution >= 4 is 63.7 Å². The van der Waals surface area contributed by atoms with Gasteiger partial charge in [0.2, 0.25) is 6.79 Å². The zero-order valence-corrected chi connectivity index (χ0v) is 22.1. The van der Waals surface area contributed by atoms with Gasteiger partial charge in [-0.1, -0.05) is 5.16 Å². The van der Waals surface area contributed by atoms with Crippen LogP contribution < -0.4 is 15.8 Å². The highest BCUT2D eigenvalue weighted by Crippen LogP contribution is 2.37. The van der Waals surface area contributed by atoms with Gasteiger partial charge in [0.15, 0.2) is 10.8 Å². The third kappa shape index (κ3) is 6.18. The van der Waals surface area contributed by atoms with E-state index in [1.54, 1.807) is 0 Å². The van der Waals surface area contributed by atoms with Gasteiger partial charge >= 0.3 is 17.9 Å². The molecule has 1 aromatic heterocycles. The number of fused-ring (bicyclic) bond motifs is 1. The van der Waals surface area contributed by atoms with Gasteiger partial charge in [-0.15, -0.1) is 23.1 Å². The van der Waals surface area contributed by atoms with E-state index >= 15 is 0 Å². The first-order valence-electron chi connectivity index (χ1n) is 11.1. The van der Waals surface area contributed by atoms with Crippen LogP contribution >= 0.6 is 23.1 Å². The second-order valence-corrected chi connectivity index (χ2v) is 9.80. The summed E-state index contributed by atoms with van der Waals surface area (Å²) >= 11 is 2.44. The van der Waals surface area contributed by atoms with Gasteiger partial charge in [-0.3, -0.25) is 19.3 Å². The van der Waals surface area contributed by atoms with Crippen LogP contribution in [0.25, 0.3) is 0 Å². The molecule has 0 saturated carbocycles. The Bertz CT molecular complexity index is 1370. The molecule has 3 N–H and O–H groups in total. The van der Waals surface area contributed by atoms with Crippen molar-refractivity contribution in [3.8, 4) is 5.75 Å². The first kappa shape index (κ1) is 27.6. The maximum atomic E-state index is 12.9. The monoisotopic (exact) mass is 575 g/mol. The second-order valence-electron chi connectivity index (χ2n) is 7.77. The summed E-state index contributed by atoms with van der Waals surface area (Å²) in [6.07, 6.45) is 1.50. The van der Waals surface area contributed by atoms with Crippen LogP contribution in [0.15, 0.2) is 46.6 Å². The lowest BCUT2D eigenvalue weighted by molar-refractivity contribution is -0.156. The molecular weight excluding hydrogens is 554 g/mol. The minimum absolute atomic E-state index is 0.0333. The highest BCUT2D eigenvalue weighted by Gasteiger charge is 2.53. The van der Waals surface area contributed by atoms with Crippen LogP contribution in [0.1, 0.15) is 23.0 Å². The highest BCUT2D eigenvalue weighted by molar-refractivity contribution is 8.00. The molecule has 1 fully saturated rings. The molecule has 204 valence electrons. The molecule has 3 heterocycles. The number of nitrogens with two attached hydrogens (primary N) is 1. The summed E-state index contributed by atoms with van der Waals surface area (Å²) in [5.74, 6) is -2.78. The molecule has 2 aromatic rings. The number of esters is 3. The van der Waals surface area contributed by atoms with Gasteiger partial charge in [0.05, 0.1) is 5.56 Å². The maximum Gasteiger partial charge on any atom is 0.357 e. The number of nitrogens with zero attached hydrogens (tertiary/aromatic N) is 3. The number of rotatable bonds is 9. The van der Waals surface area contributed by atoms with Crippen molar-refractivity contribution in [1.29, 1.82) is 0 Å². The SMILES string of the molecule is CO/N=C(\C(=O)N[C@@H]1C(=O)N2C(C(=O)OCOC(=O)c3ccc(OC(C)=O)cc3)=CCS[C@H]12)c1csc(N)n1. The van der Waals surface area contributed by atoms with Gasteiger partial charge < -0.3 is 30.1 Å². The molecule has 14 nitrogen and oxygen atoms in total. The number of thioether (sulfide) groups is 1. The topological polar surface area (TPSA) is 189 Å². The number of anilines is 1. The number of amides is 2. The predicted octanol–water partition coefficient (Wildman–Crippen LogP) is 0.643. The number of hydrogen-bond acceptors (Lipinski definition) is 14. The Balaban J connectivity index is 1.31. The average Bonchev–Trinajstić information content (AvgIpc) is 3.35. The Hall–Kier alpha value is -4.44. The number of nitrogen functional groups attached to an aromatic ring is 1. The van der Waals surface area contributed by atoms with Gasteiger partial charge in [-0.25, -0.2) is 14.6 Å². The number of nitrogens with one attached hydrogen (secondary N) is 1. The number of β-lactam (4-membered cyclic amide) rings is 1. The van der Waals surface area contributed by atoms with Crippen molar-refractivity contribution in [3.63, 3.8) is 0 Å². The molecule has 16 heteroatoms. The molecule has 4 rings (SSSR count). The quantitative estimate of drug-likeness (QED) is 0.106. The zero-order chi connectivity index (χ0) is 28.1. The molecule has 1 saturated heterocycles. The van der Waals surface area contributed by atoms with Crippen molar-refractivity contribution in [2.24, 2.45) is 5.16 Å². The normalized spacial score (nSPS) is 18.2. The van der Waals surface area contributed by atoms with Crippen LogP contribution in [0.2, 0.25) is 0 Å². The van der Waals surface area contributed by atoms with E-state index in [2.05, 4.69) is 15.5 Å². The van der Waals surface area contributed by atoms with Crippen molar-refractivity contribution in [2.75, 3.05) is 25.4 Å². The summed E-state index contributed by atoms with van der Waals surface area (Å²) in [5.41, 5.74) is 5.77. The maximum absolute atomic E-state index is 12.9. The van der Waals surface area contributed by atoms with Crippen molar-refractivity contribution in [1.82, 2.24) is 15.2 Å². The van der Waals surface area contributed by atoms with Gasteiger partial charge in [-0.05, 0) is 30.3 Å². The van der Waals surface area contributed by atoms with Gasteiger partial charge in [0, 0.05) is 18.1 Å². The van der Waals surface area contributed by atoms with Gasteiger partial charge in [0.1, 0.15) is 35.7 Å². The lowest BCUT2D eigenvalue weighted by Crippen LogP contribution is -2.70. The van der Waals surface area contributed by atoms with E-state index in [1.165, 1.54) is 66.4 Å². The predicted molar refractivity (Wildman–Crippen MR) is 137 cm³/mol. The molecule has 39 heavy (non-hydrogen) atoms. The van der Waals surface area contributed by atoms with Crippen LogP contribution in [0.5, 0.6) is 5.75 Å². The first-order valence-corrected chi connectivity index (χ1v) is 13.0. The number of oxime groups is 1. The molecule has 2 aliphatic rings. The highest BCUT2D eigenvalue weighted by atomic mass is 32.2. The molecule has 0 aliphatic carbocycles. The van der Waals surface area contributed by atoms with E-state index < -0.39 is 47.9 Å². The number of benzene rings is 1. The molecule has 1 aromatic carbocycles. The summed E-state index contributed by atoms with van der Waals surface area (Å²) in [6, 6.07) is 4.65. The third-order valence-corrected chi connectivity index (χ3v) is 7.09. The Morgan fingerprint density at radius 1 is 1.18 bits per heavy atom. The zero-order valence-electron chi connectivity index (χ0n) is 20.4. The van der Waals surface area contributed by atoms with Crippen molar-refractivity contribution in [2.45, 2.75) is 18.3 Å². The molecule has 0 radical (unpaired) electrons. The Labute approximate surface area is 229 Å². The smallest absolute Gasteiger partial charge is 0.357 e. The summed E-state index contributed by atoms with van der Waals surface area (Å²) in [7, 11) is 1.26. The third-order valence-electron chi connectivity index (χ3n) is 5.24. The number of hydrogen-bond donors (Lipinski definition) is 2. The van der Waals surface area contributed by atoms with Crippen LogP contribution in [0, 0.1) is 0 Å². The van der Waals surface area contributed by atoms with E-state index in [9.17, 15) is 24.0 Å². The lowest BCUT2D eigenvalue weighted by Gasteiger charge is -2.48. The fraction of sp³-hybridized carbons (Fsp3) is 0.261. The lowest BCUT2D eigenvalue weighted by atomic mass is 10.0. The molecular formula is C23H21N5O9S2. The van der Waals surface area contributed by atoms with E-state index in [1.807, 2.05) is 0 Å². The molecule has 0 unspecified atom stereocenters. The van der Waals surface area contributed by atoms with E-state index in [0.717, 1.165) is 11.3 Å². The van der Waals surface area contributed by atoms with Crippen LogP contribution in [0.3, 0.4) is 0 Å². The standard InChI is InChI=1S/C23H21N5O9S2/c1-11(29)37-13-5-3-12(4-6-13)21(32)35-10-36-22(33)15-7-8-38-20-17(19(31)28(15)20)26-18(30)16(27-34-2)14-9-39-23(24)25-14/h3-7,9,17,20H,8,10H2,1-2H3,(H2,24,25)(H,26,30)/b27-16-/t17-,20-/m1/s1. The molecule has 2 aliphatic heterocycles. The Morgan fingerprint density at radius 2 is 1.90 bits per heavy atom.